The van der Waals surface area contributed by atoms with Crippen molar-refractivity contribution >= 4 is 5.95 Å². The molecule has 1 aromatic carbocycles. The van der Waals surface area contributed by atoms with Gasteiger partial charge in [0.1, 0.15) is 5.69 Å². The minimum Gasteiger partial charge on any atom is -0.338 e. The van der Waals surface area contributed by atoms with E-state index in [4.69, 9.17) is 4.52 Å². The maximum absolute atomic E-state index is 12.9. The Kier molecular flexibility index (Phi) is 5.67. The van der Waals surface area contributed by atoms with Crippen LogP contribution in [-0.2, 0) is 12.6 Å². The van der Waals surface area contributed by atoms with E-state index in [1.165, 1.54) is 0 Å². The van der Waals surface area contributed by atoms with Gasteiger partial charge in [0, 0.05) is 38.8 Å². The van der Waals surface area contributed by atoms with E-state index in [-0.39, 0.29) is 12.0 Å². The molecule has 3 heterocycles. The van der Waals surface area contributed by atoms with Gasteiger partial charge in [-0.2, -0.15) is 18.2 Å². The minimum absolute atomic E-state index is 0.0911. The number of halogens is 3. The average molecular weight is 418 g/mol. The molecule has 2 aromatic heterocycles. The molecule has 158 valence electrons. The lowest BCUT2D eigenvalue weighted by Crippen LogP contribution is -2.47. The highest BCUT2D eigenvalue weighted by atomic mass is 19.4. The molecule has 0 spiro atoms. The Morgan fingerprint density at radius 3 is 2.47 bits per heavy atom. The van der Waals surface area contributed by atoms with E-state index in [0.717, 1.165) is 17.8 Å². The molecule has 30 heavy (non-hydrogen) atoms. The molecule has 1 unspecified atom stereocenters. The predicted molar refractivity (Wildman–Crippen MR) is 103 cm³/mol. The summed E-state index contributed by atoms with van der Waals surface area (Å²) in [5.41, 5.74) is 0.173. The number of benzene rings is 1. The first kappa shape index (κ1) is 20.3. The Labute approximate surface area is 171 Å². The molecule has 0 saturated carbocycles. The largest absolute Gasteiger partial charge is 0.433 e. The monoisotopic (exact) mass is 418 g/mol. The molecule has 10 heteroatoms. The molecule has 3 aromatic rings. The second-order valence-electron chi connectivity index (χ2n) is 7.15. The Morgan fingerprint density at radius 2 is 1.77 bits per heavy atom. The van der Waals surface area contributed by atoms with Crippen molar-refractivity contribution in [3.05, 3.63) is 65.6 Å². The van der Waals surface area contributed by atoms with Gasteiger partial charge in [-0.05, 0) is 18.6 Å². The van der Waals surface area contributed by atoms with Gasteiger partial charge in [-0.1, -0.05) is 35.5 Å². The number of hydrogen-bond acceptors (Lipinski definition) is 7. The van der Waals surface area contributed by atoms with Crippen LogP contribution < -0.4 is 4.90 Å². The summed E-state index contributed by atoms with van der Waals surface area (Å²) in [6, 6.07) is 10.7. The van der Waals surface area contributed by atoms with Crippen LogP contribution in [0.25, 0.3) is 0 Å². The molecule has 7 nitrogen and oxygen atoms in total. The van der Waals surface area contributed by atoms with Crippen molar-refractivity contribution in [1.29, 1.82) is 0 Å². The Bertz CT molecular complexity index is 970. The van der Waals surface area contributed by atoms with Crippen molar-refractivity contribution in [1.82, 2.24) is 25.0 Å². The number of alkyl halides is 3. The summed E-state index contributed by atoms with van der Waals surface area (Å²) >= 11 is 0. The number of aromatic nitrogens is 4. The fourth-order valence-electron chi connectivity index (χ4n) is 3.41. The first-order chi connectivity index (χ1) is 14.4. The maximum atomic E-state index is 12.9. The second kappa shape index (κ2) is 8.39. The zero-order chi connectivity index (χ0) is 21.1. The molecule has 0 N–H and O–H groups in total. The SMILES string of the molecule is CC(c1nc(Cc2ccccc2)no1)N1CCN(c2nccc(C(F)(F)F)n2)CC1. The van der Waals surface area contributed by atoms with E-state index in [1.807, 2.05) is 37.3 Å². The van der Waals surface area contributed by atoms with Gasteiger partial charge in [0.05, 0.1) is 6.04 Å². The molecular weight excluding hydrogens is 397 g/mol. The molecule has 0 bridgehead atoms. The molecule has 0 aliphatic carbocycles. The Balaban J connectivity index is 1.36. The van der Waals surface area contributed by atoms with Crippen LogP contribution in [-0.4, -0.2) is 51.2 Å². The molecule has 1 fully saturated rings. The normalized spacial score (nSPS) is 16.6. The van der Waals surface area contributed by atoms with Crippen molar-refractivity contribution in [2.45, 2.75) is 25.6 Å². The molecule has 0 radical (unpaired) electrons. The van der Waals surface area contributed by atoms with Crippen molar-refractivity contribution in [3.8, 4) is 0 Å². The highest BCUT2D eigenvalue weighted by Gasteiger charge is 2.34. The van der Waals surface area contributed by atoms with Crippen LogP contribution in [0.15, 0.2) is 47.1 Å². The van der Waals surface area contributed by atoms with Crippen LogP contribution in [0.2, 0.25) is 0 Å². The van der Waals surface area contributed by atoms with E-state index >= 15 is 0 Å². The third kappa shape index (κ3) is 4.59. The van der Waals surface area contributed by atoms with Gasteiger partial charge < -0.3 is 9.42 Å². The van der Waals surface area contributed by atoms with Gasteiger partial charge >= 0.3 is 6.18 Å². The molecular formula is C20H21F3N6O. The smallest absolute Gasteiger partial charge is 0.338 e. The van der Waals surface area contributed by atoms with Crippen molar-refractivity contribution < 1.29 is 17.7 Å². The van der Waals surface area contributed by atoms with Gasteiger partial charge in [0.2, 0.25) is 11.8 Å². The summed E-state index contributed by atoms with van der Waals surface area (Å²) in [6.07, 6.45) is -2.74. The Hall–Kier alpha value is -3.01. The van der Waals surface area contributed by atoms with Crippen LogP contribution in [0.3, 0.4) is 0 Å². The molecule has 1 atom stereocenters. The quantitative estimate of drug-likeness (QED) is 0.629. The van der Waals surface area contributed by atoms with Crippen molar-refractivity contribution in [3.63, 3.8) is 0 Å². The van der Waals surface area contributed by atoms with Crippen LogP contribution in [0.4, 0.5) is 19.1 Å². The number of rotatable bonds is 5. The van der Waals surface area contributed by atoms with E-state index in [0.29, 0.717) is 44.3 Å². The van der Waals surface area contributed by atoms with Crippen LogP contribution in [0.1, 0.15) is 35.9 Å². The first-order valence-electron chi connectivity index (χ1n) is 9.66. The molecule has 1 saturated heterocycles. The molecule has 0 amide bonds. The minimum atomic E-state index is -4.48. The lowest BCUT2D eigenvalue weighted by atomic mass is 10.1. The summed E-state index contributed by atoms with van der Waals surface area (Å²) in [5.74, 6) is 1.25. The van der Waals surface area contributed by atoms with E-state index in [2.05, 4.69) is 25.0 Å². The van der Waals surface area contributed by atoms with E-state index in [1.54, 1.807) is 4.90 Å². The van der Waals surface area contributed by atoms with E-state index in [9.17, 15) is 13.2 Å². The summed E-state index contributed by atoms with van der Waals surface area (Å²) in [5, 5.41) is 4.07. The second-order valence-corrected chi connectivity index (χ2v) is 7.15. The average Bonchev–Trinajstić information content (AvgIpc) is 3.22. The zero-order valence-electron chi connectivity index (χ0n) is 16.4. The van der Waals surface area contributed by atoms with Gasteiger partial charge in [-0.3, -0.25) is 4.90 Å². The van der Waals surface area contributed by atoms with Gasteiger partial charge in [0.15, 0.2) is 5.82 Å². The van der Waals surface area contributed by atoms with Crippen molar-refractivity contribution in [2.24, 2.45) is 0 Å². The number of hydrogen-bond donors (Lipinski definition) is 0. The third-order valence-electron chi connectivity index (χ3n) is 5.12. The summed E-state index contributed by atoms with van der Waals surface area (Å²) in [7, 11) is 0. The lowest BCUT2D eigenvalue weighted by molar-refractivity contribution is -0.141. The number of piperazine rings is 1. The van der Waals surface area contributed by atoms with Crippen LogP contribution in [0.5, 0.6) is 0 Å². The van der Waals surface area contributed by atoms with Crippen LogP contribution in [0, 0.1) is 0 Å². The fourth-order valence-corrected chi connectivity index (χ4v) is 3.41. The highest BCUT2D eigenvalue weighted by Crippen LogP contribution is 2.28. The molecule has 1 aliphatic rings. The molecule has 1 aliphatic heterocycles. The Morgan fingerprint density at radius 1 is 1.03 bits per heavy atom. The third-order valence-corrected chi connectivity index (χ3v) is 5.12. The number of nitrogens with zero attached hydrogens (tertiary/aromatic N) is 6. The maximum Gasteiger partial charge on any atom is 0.433 e. The van der Waals surface area contributed by atoms with Crippen LogP contribution >= 0.6 is 0 Å². The summed E-state index contributed by atoms with van der Waals surface area (Å²) in [4.78, 5) is 16.1. The predicted octanol–water partition coefficient (Wildman–Crippen LogP) is 3.35. The standard InChI is InChI=1S/C20H21F3N6O/c1-14(18-26-17(27-30-18)13-15-5-3-2-4-6-15)28-9-11-29(12-10-28)19-24-8-7-16(25-19)20(21,22)23/h2-8,14H,9-13H2,1H3. The summed E-state index contributed by atoms with van der Waals surface area (Å²) < 4.78 is 44.1. The number of anilines is 1. The van der Waals surface area contributed by atoms with E-state index < -0.39 is 11.9 Å². The highest BCUT2D eigenvalue weighted by molar-refractivity contribution is 5.32. The first-order valence-corrected chi connectivity index (χ1v) is 9.66. The fraction of sp³-hybridized carbons (Fsp3) is 0.400. The summed E-state index contributed by atoms with van der Waals surface area (Å²) in [6.45, 7) is 4.25. The molecule has 4 rings (SSSR count). The lowest BCUT2D eigenvalue weighted by Gasteiger charge is -2.36. The van der Waals surface area contributed by atoms with Gasteiger partial charge in [-0.15, -0.1) is 0 Å². The van der Waals surface area contributed by atoms with Gasteiger partial charge in [-0.25, -0.2) is 9.97 Å². The topological polar surface area (TPSA) is 71.2 Å². The van der Waals surface area contributed by atoms with Gasteiger partial charge in [0.25, 0.3) is 0 Å². The van der Waals surface area contributed by atoms with Crippen molar-refractivity contribution in [2.75, 3.05) is 31.1 Å². The zero-order valence-corrected chi connectivity index (χ0v) is 16.4.